The zero-order chi connectivity index (χ0) is 22.7. The van der Waals surface area contributed by atoms with Crippen molar-refractivity contribution in [3.05, 3.63) is 124 Å². The first kappa shape index (κ1) is 27.4. The molecule has 1 aliphatic heterocycles. The third kappa shape index (κ3) is 7.66. The summed E-state index contributed by atoms with van der Waals surface area (Å²) >= 11 is 0. The second-order valence-corrected chi connectivity index (χ2v) is 10.2. The molecule has 0 aromatic heterocycles. The van der Waals surface area contributed by atoms with E-state index in [-0.39, 0.29) is 17.1 Å². The van der Waals surface area contributed by atoms with Gasteiger partial charge in [0.05, 0.1) is 12.6 Å². The first-order valence-electron chi connectivity index (χ1n) is 11.5. The SMILES string of the molecule is COC[C@@H]1CCCN1/N=C/[C]1[CH][CH][CH][C]1P(c1ccccc1)c1ccccc1.[CH]1[CH][CH][CH][CH]1.[Fe+2]. The summed E-state index contributed by atoms with van der Waals surface area (Å²) in [6, 6.07) is 22.0. The molecule has 3 fully saturated rings. The van der Waals surface area contributed by atoms with Gasteiger partial charge in [0.2, 0.25) is 0 Å². The van der Waals surface area contributed by atoms with Crippen molar-refractivity contribution in [1.29, 1.82) is 0 Å². The molecule has 2 saturated carbocycles. The number of ether oxygens (including phenoxy) is 1. The van der Waals surface area contributed by atoms with Crippen molar-refractivity contribution in [2.75, 3.05) is 20.3 Å². The molecule has 2 aromatic carbocycles. The summed E-state index contributed by atoms with van der Waals surface area (Å²) in [6.45, 7) is 1.75. The normalized spacial score (nSPS) is 21.1. The molecule has 5 heteroatoms. The monoisotopic (exact) mass is 510 g/mol. The van der Waals surface area contributed by atoms with Crippen LogP contribution in [0.2, 0.25) is 0 Å². The number of hydrazone groups is 1. The average Bonchev–Trinajstić information content (AvgIpc) is 3.64. The fourth-order valence-corrected chi connectivity index (χ4v) is 6.53. The minimum absolute atomic E-state index is 0. The molecule has 2 aliphatic carbocycles. The van der Waals surface area contributed by atoms with E-state index in [0.29, 0.717) is 6.04 Å². The van der Waals surface area contributed by atoms with Crippen LogP contribution in [-0.4, -0.2) is 37.5 Å². The number of hydrogen-bond donors (Lipinski definition) is 0. The van der Waals surface area contributed by atoms with E-state index in [2.05, 4.69) is 84.9 Å². The van der Waals surface area contributed by atoms with Gasteiger partial charge in [0, 0.05) is 31.4 Å². The first-order valence-corrected chi connectivity index (χ1v) is 12.8. The molecule has 2 aromatic rings. The van der Waals surface area contributed by atoms with Crippen LogP contribution in [0.5, 0.6) is 0 Å². The Bertz CT molecular complexity index is 783. The molecule has 1 atom stereocenters. The van der Waals surface area contributed by atoms with Crippen molar-refractivity contribution in [3.63, 3.8) is 0 Å². The van der Waals surface area contributed by atoms with Crippen LogP contribution in [0.15, 0.2) is 65.8 Å². The number of methoxy groups -OCH3 is 1. The Hall–Kier alpha value is -1.18. The summed E-state index contributed by atoms with van der Waals surface area (Å²) < 4.78 is 5.36. The summed E-state index contributed by atoms with van der Waals surface area (Å²) in [5, 5.41) is 9.75. The largest absolute Gasteiger partial charge is 2.00 e. The van der Waals surface area contributed by atoms with Crippen molar-refractivity contribution >= 4 is 24.7 Å². The molecule has 34 heavy (non-hydrogen) atoms. The number of hydrogen-bond acceptors (Lipinski definition) is 3. The van der Waals surface area contributed by atoms with E-state index < -0.39 is 7.92 Å². The Morgan fingerprint density at radius 3 is 2.03 bits per heavy atom. The van der Waals surface area contributed by atoms with Crippen molar-refractivity contribution < 1.29 is 21.8 Å². The molecule has 0 spiro atoms. The Balaban J connectivity index is 0.000000481. The zero-order valence-corrected chi connectivity index (χ0v) is 21.5. The molecule has 0 unspecified atom stereocenters. The Morgan fingerprint density at radius 1 is 0.882 bits per heavy atom. The maximum atomic E-state index is 5.36. The van der Waals surface area contributed by atoms with E-state index in [9.17, 15) is 0 Å². The van der Waals surface area contributed by atoms with Gasteiger partial charge in [-0.2, -0.15) is 5.10 Å². The van der Waals surface area contributed by atoms with Crippen LogP contribution < -0.4 is 10.6 Å². The van der Waals surface area contributed by atoms with Gasteiger partial charge >= 0.3 is 17.1 Å². The summed E-state index contributed by atoms with van der Waals surface area (Å²) in [6.07, 6.45) is 21.0. The minimum Gasteiger partial charge on any atom is -0.382 e. The van der Waals surface area contributed by atoms with E-state index in [1.165, 1.54) is 28.6 Å². The van der Waals surface area contributed by atoms with Gasteiger partial charge in [-0.1, -0.05) is 60.7 Å². The third-order valence-corrected chi connectivity index (χ3v) is 8.22. The maximum absolute atomic E-state index is 5.36. The van der Waals surface area contributed by atoms with Gasteiger partial charge in [0.25, 0.3) is 0 Å². The van der Waals surface area contributed by atoms with Gasteiger partial charge in [0.15, 0.2) is 0 Å². The van der Waals surface area contributed by atoms with E-state index in [1.54, 1.807) is 7.11 Å². The standard InChI is InChI=1S/C24H26N2OP.C5H5.Fe/c1-27-19-21-11-9-17-26(21)25-18-20-10-8-16-24(20)28(22-12-4-2-5-13-22)23-14-6-3-7-15-23;1-2-4-5-3-1;/h2-8,10,12-16,18,21H,9,11,17,19H2,1H3;1-5H;/q;;+2/b25-18+;;/t21-;;/m0../s1. The molecule has 1 saturated heterocycles. The van der Waals surface area contributed by atoms with E-state index >= 15 is 0 Å². The zero-order valence-electron chi connectivity index (χ0n) is 19.5. The van der Waals surface area contributed by atoms with Crippen molar-refractivity contribution in [1.82, 2.24) is 5.01 Å². The Kier molecular flexibility index (Phi) is 12.1. The summed E-state index contributed by atoms with van der Waals surface area (Å²) in [7, 11) is 1.16. The molecule has 0 amide bonds. The third-order valence-electron chi connectivity index (χ3n) is 5.70. The van der Waals surface area contributed by atoms with E-state index in [4.69, 9.17) is 9.84 Å². The van der Waals surface area contributed by atoms with Crippen LogP contribution in [0.3, 0.4) is 0 Å². The van der Waals surface area contributed by atoms with E-state index in [1.807, 2.05) is 38.3 Å². The predicted octanol–water partition coefficient (Wildman–Crippen LogP) is 4.97. The average molecular weight is 510 g/mol. The predicted molar refractivity (Wildman–Crippen MR) is 140 cm³/mol. The molecular weight excluding hydrogens is 479 g/mol. The van der Waals surface area contributed by atoms with Gasteiger partial charge in [-0.05, 0) is 82.7 Å². The van der Waals surface area contributed by atoms with Crippen molar-refractivity contribution in [2.45, 2.75) is 18.9 Å². The first-order chi connectivity index (χ1) is 16.4. The van der Waals surface area contributed by atoms with Crippen LogP contribution in [0, 0.1) is 62.9 Å². The summed E-state index contributed by atoms with van der Waals surface area (Å²) in [4.78, 5) is 0. The molecule has 1 heterocycles. The van der Waals surface area contributed by atoms with Crippen LogP contribution in [0.1, 0.15) is 12.8 Å². The minimum atomic E-state index is -0.606. The smallest absolute Gasteiger partial charge is 0.382 e. The Morgan fingerprint density at radius 2 is 1.47 bits per heavy atom. The number of rotatable bonds is 7. The van der Waals surface area contributed by atoms with Crippen LogP contribution in [0.25, 0.3) is 0 Å². The molecular formula is C29H31FeN2OP+2. The van der Waals surface area contributed by atoms with E-state index in [0.717, 1.165) is 19.6 Å². The van der Waals surface area contributed by atoms with Gasteiger partial charge in [-0.25, -0.2) is 0 Å². The fourth-order valence-electron chi connectivity index (χ4n) is 4.11. The quantitative estimate of drug-likeness (QED) is 0.299. The van der Waals surface area contributed by atoms with Crippen LogP contribution in [0.4, 0.5) is 0 Å². The van der Waals surface area contributed by atoms with Crippen molar-refractivity contribution in [3.8, 4) is 0 Å². The second kappa shape index (κ2) is 15.0. The molecule has 0 N–H and O–H groups in total. The van der Waals surface area contributed by atoms with Gasteiger partial charge in [-0.3, -0.25) is 5.01 Å². The fraction of sp³-hybridized carbons (Fsp3) is 0.207. The summed E-state index contributed by atoms with van der Waals surface area (Å²) in [5.41, 5.74) is 1.36. The van der Waals surface area contributed by atoms with Crippen LogP contribution in [-0.2, 0) is 21.8 Å². The molecule has 5 rings (SSSR count). The number of benzene rings is 2. The Labute approximate surface area is 219 Å². The van der Waals surface area contributed by atoms with Gasteiger partial charge in [-0.15, -0.1) is 0 Å². The second-order valence-electron chi connectivity index (χ2n) is 7.99. The van der Waals surface area contributed by atoms with Crippen molar-refractivity contribution in [2.24, 2.45) is 5.10 Å². The molecule has 3 aliphatic rings. The molecule has 0 bridgehead atoms. The summed E-state index contributed by atoms with van der Waals surface area (Å²) in [5.74, 6) is 1.21. The van der Waals surface area contributed by atoms with Gasteiger partial charge < -0.3 is 4.74 Å². The topological polar surface area (TPSA) is 24.8 Å². The number of nitrogens with zero attached hydrogens (tertiary/aromatic N) is 2. The molecule has 3 nitrogen and oxygen atoms in total. The molecule has 10 radical (unpaired) electrons. The van der Waals surface area contributed by atoms with Gasteiger partial charge in [0.1, 0.15) is 0 Å². The molecule has 174 valence electrons. The van der Waals surface area contributed by atoms with Crippen LogP contribution >= 0.6 is 7.92 Å². The maximum Gasteiger partial charge on any atom is 2.00 e.